The second kappa shape index (κ2) is 7.15. The summed E-state index contributed by atoms with van der Waals surface area (Å²) >= 11 is 3.35. The minimum absolute atomic E-state index is 0.0363. The minimum Gasteiger partial charge on any atom is -0.496 e. The maximum atomic E-state index is 12.5. The van der Waals surface area contributed by atoms with Gasteiger partial charge in [-0.15, -0.1) is 0 Å². The molecule has 102 valence electrons. The van der Waals surface area contributed by atoms with Crippen LogP contribution in [0, 0.1) is 11.3 Å². The molecule has 19 heavy (non-hydrogen) atoms. The van der Waals surface area contributed by atoms with E-state index in [2.05, 4.69) is 22.0 Å². The van der Waals surface area contributed by atoms with Crippen LogP contribution in [0.5, 0.6) is 5.75 Å². The number of carbonyl (C=O) groups is 1. The fourth-order valence-corrected chi connectivity index (χ4v) is 2.10. The summed E-state index contributed by atoms with van der Waals surface area (Å²) in [6, 6.07) is 7.39. The number of hydrogen-bond acceptors (Lipinski definition) is 3. The third-order valence-electron chi connectivity index (χ3n) is 2.74. The van der Waals surface area contributed by atoms with Crippen LogP contribution in [0.3, 0.4) is 0 Å². The van der Waals surface area contributed by atoms with Crippen molar-refractivity contribution in [2.24, 2.45) is 0 Å². The van der Waals surface area contributed by atoms with Crippen LogP contribution < -0.4 is 4.74 Å². The van der Waals surface area contributed by atoms with Crippen LogP contribution in [0.15, 0.2) is 22.7 Å². The van der Waals surface area contributed by atoms with Crippen molar-refractivity contribution in [1.82, 2.24) is 4.90 Å². The Morgan fingerprint density at radius 2 is 2.21 bits per heavy atom. The Morgan fingerprint density at radius 1 is 1.53 bits per heavy atom. The number of rotatable bonds is 5. The lowest BCUT2D eigenvalue weighted by molar-refractivity contribution is 0.0707. The standard InChI is InChI=1S/C14H17BrN2O2/c1-10(2)17(8-4-7-16)14(18)12-6-5-11(15)9-13(12)19-3/h5-6,9-10H,4,8H2,1-3H3. The van der Waals surface area contributed by atoms with Gasteiger partial charge in [-0.2, -0.15) is 5.26 Å². The second-order valence-corrected chi connectivity index (χ2v) is 5.26. The highest BCUT2D eigenvalue weighted by atomic mass is 79.9. The third kappa shape index (κ3) is 3.97. The molecule has 0 N–H and O–H groups in total. The van der Waals surface area contributed by atoms with Crippen LogP contribution in [-0.2, 0) is 0 Å². The van der Waals surface area contributed by atoms with Gasteiger partial charge in [0.15, 0.2) is 0 Å². The summed E-state index contributed by atoms with van der Waals surface area (Å²) in [5.41, 5.74) is 0.511. The number of benzene rings is 1. The van der Waals surface area contributed by atoms with Crippen LogP contribution in [0.2, 0.25) is 0 Å². The largest absolute Gasteiger partial charge is 0.496 e. The SMILES string of the molecule is COc1cc(Br)ccc1C(=O)N(CCC#N)C(C)C. The Hall–Kier alpha value is -1.54. The molecule has 0 saturated heterocycles. The number of amides is 1. The van der Waals surface area contributed by atoms with Gasteiger partial charge in [0.1, 0.15) is 5.75 Å². The topological polar surface area (TPSA) is 53.3 Å². The first-order valence-corrected chi connectivity index (χ1v) is 6.82. The molecule has 0 saturated carbocycles. The first kappa shape index (κ1) is 15.5. The van der Waals surface area contributed by atoms with E-state index < -0.39 is 0 Å². The number of nitriles is 1. The molecule has 1 aromatic rings. The van der Waals surface area contributed by atoms with Crippen molar-refractivity contribution >= 4 is 21.8 Å². The Labute approximate surface area is 122 Å². The van der Waals surface area contributed by atoms with Gasteiger partial charge in [0.05, 0.1) is 25.2 Å². The molecule has 0 atom stereocenters. The summed E-state index contributed by atoms with van der Waals surface area (Å²) in [5, 5.41) is 8.67. The number of ether oxygens (including phenoxy) is 1. The molecule has 0 fully saturated rings. The Balaban J connectivity index is 3.06. The quantitative estimate of drug-likeness (QED) is 0.835. The van der Waals surface area contributed by atoms with Crippen LogP contribution in [0.1, 0.15) is 30.6 Å². The summed E-state index contributed by atoms with van der Waals surface area (Å²) in [4.78, 5) is 14.2. The molecule has 0 aromatic heterocycles. The lowest BCUT2D eigenvalue weighted by atomic mass is 10.1. The van der Waals surface area contributed by atoms with Crippen molar-refractivity contribution in [2.75, 3.05) is 13.7 Å². The zero-order valence-corrected chi connectivity index (χ0v) is 12.9. The van der Waals surface area contributed by atoms with E-state index >= 15 is 0 Å². The van der Waals surface area contributed by atoms with Crippen LogP contribution >= 0.6 is 15.9 Å². The number of nitrogens with zero attached hydrogens (tertiary/aromatic N) is 2. The van der Waals surface area contributed by atoms with E-state index in [-0.39, 0.29) is 11.9 Å². The molecule has 5 heteroatoms. The zero-order valence-electron chi connectivity index (χ0n) is 11.3. The van der Waals surface area contributed by atoms with E-state index in [1.807, 2.05) is 13.8 Å². The zero-order chi connectivity index (χ0) is 14.4. The second-order valence-electron chi connectivity index (χ2n) is 4.35. The Kier molecular flexibility index (Phi) is 5.84. The lowest BCUT2D eigenvalue weighted by Gasteiger charge is -2.26. The molecule has 0 aliphatic carbocycles. The lowest BCUT2D eigenvalue weighted by Crippen LogP contribution is -2.37. The van der Waals surface area contributed by atoms with Gasteiger partial charge < -0.3 is 9.64 Å². The molecule has 0 aliphatic heterocycles. The Bertz CT molecular complexity index is 495. The van der Waals surface area contributed by atoms with E-state index in [1.165, 1.54) is 7.11 Å². The maximum Gasteiger partial charge on any atom is 0.257 e. The van der Waals surface area contributed by atoms with Crippen LogP contribution in [-0.4, -0.2) is 30.5 Å². The first-order valence-electron chi connectivity index (χ1n) is 6.02. The van der Waals surface area contributed by atoms with Gasteiger partial charge in [-0.3, -0.25) is 4.79 Å². The number of carbonyl (C=O) groups excluding carboxylic acids is 1. The van der Waals surface area contributed by atoms with E-state index in [1.54, 1.807) is 23.1 Å². The predicted octanol–water partition coefficient (Wildman–Crippen LogP) is 3.22. The molecular formula is C14H17BrN2O2. The minimum atomic E-state index is -0.116. The fourth-order valence-electron chi connectivity index (χ4n) is 1.76. The summed E-state index contributed by atoms with van der Waals surface area (Å²) in [5.74, 6) is 0.414. The highest BCUT2D eigenvalue weighted by Crippen LogP contribution is 2.25. The van der Waals surface area contributed by atoms with Crippen molar-refractivity contribution < 1.29 is 9.53 Å². The van der Waals surface area contributed by atoms with E-state index in [0.29, 0.717) is 24.3 Å². The normalized spacial score (nSPS) is 10.1. The molecule has 0 bridgehead atoms. The monoisotopic (exact) mass is 324 g/mol. The molecule has 1 rings (SSSR count). The summed E-state index contributed by atoms with van der Waals surface area (Å²) in [7, 11) is 1.54. The third-order valence-corrected chi connectivity index (χ3v) is 3.24. The molecule has 0 spiro atoms. The van der Waals surface area contributed by atoms with Crippen molar-refractivity contribution in [1.29, 1.82) is 5.26 Å². The molecule has 0 heterocycles. The van der Waals surface area contributed by atoms with Crippen LogP contribution in [0.25, 0.3) is 0 Å². The van der Waals surface area contributed by atoms with Gasteiger partial charge in [-0.05, 0) is 32.0 Å². The van der Waals surface area contributed by atoms with Gasteiger partial charge in [-0.1, -0.05) is 15.9 Å². The molecular weight excluding hydrogens is 308 g/mol. The molecule has 1 aromatic carbocycles. The molecule has 0 unspecified atom stereocenters. The highest BCUT2D eigenvalue weighted by molar-refractivity contribution is 9.10. The van der Waals surface area contributed by atoms with Crippen molar-refractivity contribution in [3.63, 3.8) is 0 Å². The first-order chi connectivity index (χ1) is 9.01. The highest BCUT2D eigenvalue weighted by Gasteiger charge is 2.21. The van der Waals surface area contributed by atoms with Crippen molar-refractivity contribution in [3.8, 4) is 11.8 Å². The van der Waals surface area contributed by atoms with Crippen molar-refractivity contribution in [2.45, 2.75) is 26.3 Å². The van der Waals surface area contributed by atoms with Gasteiger partial charge in [-0.25, -0.2) is 0 Å². The molecule has 0 radical (unpaired) electrons. The molecule has 0 aliphatic rings. The summed E-state index contributed by atoms with van der Waals surface area (Å²) in [6.07, 6.45) is 0.322. The van der Waals surface area contributed by atoms with Gasteiger partial charge >= 0.3 is 0 Å². The average molecular weight is 325 g/mol. The molecule has 1 amide bonds. The van der Waals surface area contributed by atoms with Crippen molar-refractivity contribution in [3.05, 3.63) is 28.2 Å². The van der Waals surface area contributed by atoms with E-state index in [4.69, 9.17) is 10.00 Å². The van der Waals surface area contributed by atoms with E-state index in [0.717, 1.165) is 4.47 Å². The summed E-state index contributed by atoms with van der Waals surface area (Å²) in [6.45, 7) is 4.29. The molecule has 4 nitrogen and oxygen atoms in total. The van der Waals surface area contributed by atoms with E-state index in [9.17, 15) is 4.79 Å². The maximum absolute atomic E-state index is 12.5. The number of methoxy groups -OCH3 is 1. The number of hydrogen-bond donors (Lipinski definition) is 0. The van der Waals surface area contributed by atoms with Gasteiger partial charge in [0.2, 0.25) is 0 Å². The smallest absolute Gasteiger partial charge is 0.257 e. The Morgan fingerprint density at radius 3 is 2.74 bits per heavy atom. The average Bonchev–Trinajstić information content (AvgIpc) is 2.38. The number of halogens is 1. The predicted molar refractivity (Wildman–Crippen MR) is 77.1 cm³/mol. The van der Waals surface area contributed by atoms with Gasteiger partial charge in [0, 0.05) is 17.1 Å². The summed E-state index contributed by atoms with van der Waals surface area (Å²) < 4.78 is 6.09. The van der Waals surface area contributed by atoms with Gasteiger partial charge in [0.25, 0.3) is 5.91 Å². The fraction of sp³-hybridized carbons (Fsp3) is 0.429. The van der Waals surface area contributed by atoms with Crippen LogP contribution in [0.4, 0.5) is 0 Å².